The van der Waals surface area contributed by atoms with Crippen LogP contribution in [0, 0.1) is 0 Å². The molecular weight excluding hydrogens is 240 g/mol. The Kier molecular flexibility index (Phi) is 4.13. The Balaban J connectivity index is 2.00. The van der Waals surface area contributed by atoms with Crippen molar-refractivity contribution in [3.63, 3.8) is 0 Å². The molecule has 2 aromatic rings. The monoisotopic (exact) mass is 258 g/mol. The Morgan fingerprint density at radius 1 is 1.16 bits per heavy atom. The van der Waals surface area contributed by atoms with Crippen molar-refractivity contribution in [3.8, 4) is 11.5 Å². The molecule has 2 rings (SSSR count). The van der Waals surface area contributed by atoms with E-state index in [0.29, 0.717) is 18.8 Å². The SMILES string of the molecule is CCOc1ccc(NCc2cc(N)ccc2O)cc1. The van der Waals surface area contributed by atoms with Crippen molar-refractivity contribution in [2.24, 2.45) is 0 Å². The van der Waals surface area contributed by atoms with E-state index in [0.717, 1.165) is 17.0 Å². The van der Waals surface area contributed by atoms with Gasteiger partial charge in [0.2, 0.25) is 0 Å². The van der Waals surface area contributed by atoms with Crippen molar-refractivity contribution in [1.82, 2.24) is 0 Å². The lowest BCUT2D eigenvalue weighted by Gasteiger charge is -2.10. The minimum Gasteiger partial charge on any atom is -0.508 e. The molecule has 0 saturated carbocycles. The summed E-state index contributed by atoms with van der Waals surface area (Å²) >= 11 is 0. The van der Waals surface area contributed by atoms with Gasteiger partial charge in [-0.05, 0) is 49.4 Å². The summed E-state index contributed by atoms with van der Waals surface area (Å²) in [6.45, 7) is 3.13. The molecule has 2 aromatic carbocycles. The number of ether oxygens (including phenoxy) is 1. The summed E-state index contributed by atoms with van der Waals surface area (Å²) in [6.07, 6.45) is 0. The van der Waals surface area contributed by atoms with Gasteiger partial charge in [-0.15, -0.1) is 0 Å². The third kappa shape index (κ3) is 3.55. The first-order valence-corrected chi connectivity index (χ1v) is 6.23. The van der Waals surface area contributed by atoms with E-state index in [9.17, 15) is 5.11 Å². The molecule has 4 N–H and O–H groups in total. The van der Waals surface area contributed by atoms with Gasteiger partial charge in [0.15, 0.2) is 0 Å². The van der Waals surface area contributed by atoms with Crippen LogP contribution in [0.25, 0.3) is 0 Å². The molecule has 0 aliphatic heterocycles. The molecule has 0 amide bonds. The highest BCUT2D eigenvalue weighted by Gasteiger charge is 2.02. The molecule has 0 aliphatic carbocycles. The normalized spacial score (nSPS) is 10.2. The van der Waals surface area contributed by atoms with E-state index in [1.54, 1.807) is 18.2 Å². The van der Waals surface area contributed by atoms with E-state index >= 15 is 0 Å². The molecule has 0 saturated heterocycles. The third-order valence-corrected chi connectivity index (χ3v) is 2.75. The Morgan fingerprint density at radius 3 is 2.58 bits per heavy atom. The number of nitrogen functional groups attached to an aromatic ring is 1. The predicted octanol–water partition coefficient (Wildman–Crippen LogP) is 2.99. The second-order valence-corrected chi connectivity index (χ2v) is 4.20. The summed E-state index contributed by atoms with van der Waals surface area (Å²) in [5, 5.41) is 12.9. The minimum atomic E-state index is 0.243. The number of rotatable bonds is 5. The molecule has 0 heterocycles. The number of benzene rings is 2. The Hall–Kier alpha value is -2.36. The molecule has 0 fully saturated rings. The third-order valence-electron chi connectivity index (χ3n) is 2.75. The Labute approximate surface area is 112 Å². The second kappa shape index (κ2) is 6.00. The number of nitrogens with one attached hydrogen (secondary N) is 1. The maximum atomic E-state index is 9.71. The highest BCUT2D eigenvalue weighted by Crippen LogP contribution is 2.22. The molecule has 100 valence electrons. The van der Waals surface area contributed by atoms with Gasteiger partial charge in [0.25, 0.3) is 0 Å². The summed E-state index contributed by atoms with van der Waals surface area (Å²) in [4.78, 5) is 0. The zero-order valence-electron chi connectivity index (χ0n) is 10.9. The van der Waals surface area contributed by atoms with Gasteiger partial charge in [0, 0.05) is 23.5 Å². The van der Waals surface area contributed by atoms with Crippen molar-refractivity contribution in [3.05, 3.63) is 48.0 Å². The van der Waals surface area contributed by atoms with Crippen LogP contribution in [0.2, 0.25) is 0 Å². The van der Waals surface area contributed by atoms with Gasteiger partial charge in [0.05, 0.1) is 6.61 Å². The molecule has 4 heteroatoms. The van der Waals surface area contributed by atoms with E-state index in [4.69, 9.17) is 10.5 Å². The quantitative estimate of drug-likeness (QED) is 0.569. The van der Waals surface area contributed by atoms with Crippen molar-refractivity contribution in [2.75, 3.05) is 17.7 Å². The van der Waals surface area contributed by atoms with E-state index in [-0.39, 0.29) is 5.75 Å². The fourth-order valence-electron chi connectivity index (χ4n) is 1.78. The Morgan fingerprint density at radius 2 is 1.89 bits per heavy atom. The predicted molar refractivity (Wildman–Crippen MR) is 77.5 cm³/mol. The summed E-state index contributed by atoms with van der Waals surface area (Å²) in [6, 6.07) is 12.7. The summed E-state index contributed by atoms with van der Waals surface area (Å²) < 4.78 is 5.37. The van der Waals surface area contributed by atoms with Crippen LogP contribution in [0.5, 0.6) is 11.5 Å². The average Bonchev–Trinajstić information content (AvgIpc) is 2.42. The highest BCUT2D eigenvalue weighted by molar-refractivity contribution is 5.51. The zero-order valence-corrected chi connectivity index (χ0v) is 10.9. The minimum absolute atomic E-state index is 0.243. The van der Waals surface area contributed by atoms with Crippen LogP contribution in [-0.2, 0) is 6.54 Å². The first kappa shape index (κ1) is 13.1. The zero-order chi connectivity index (χ0) is 13.7. The van der Waals surface area contributed by atoms with Crippen LogP contribution in [0.1, 0.15) is 12.5 Å². The molecule has 0 bridgehead atoms. The molecule has 0 radical (unpaired) electrons. The summed E-state index contributed by atoms with van der Waals surface area (Å²) in [5.74, 6) is 1.09. The average molecular weight is 258 g/mol. The number of phenolic OH excluding ortho intramolecular Hbond substituents is 1. The van der Waals surface area contributed by atoms with Gasteiger partial charge in [-0.2, -0.15) is 0 Å². The lowest BCUT2D eigenvalue weighted by Crippen LogP contribution is -2.00. The summed E-state index contributed by atoms with van der Waals surface area (Å²) in [5.41, 5.74) is 8.07. The number of hydrogen-bond acceptors (Lipinski definition) is 4. The first-order chi connectivity index (χ1) is 9.19. The van der Waals surface area contributed by atoms with Crippen molar-refractivity contribution in [2.45, 2.75) is 13.5 Å². The second-order valence-electron chi connectivity index (χ2n) is 4.20. The van der Waals surface area contributed by atoms with Gasteiger partial charge in [0.1, 0.15) is 11.5 Å². The lowest BCUT2D eigenvalue weighted by atomic mass is 10.1. The molecule has 0 aliphatic rings. The first-order valence-electron chi connectivity index (χ1n) is 6.23. The van der Waals surface area contributed by atoms with Crippen molar-refractivity contribution < 1.29 is 9.84 Å². The molecular formula is C15H18N2O2. The van der Waals surface area contributed by atoms with Crippen LogP contribution in [0.3, 0.4) is 0 Å². The van der Waals surface area contributed by atoms with E-state index in [1.807, 2.05) is 31.2 Å². The number of anilines is 2. The molecule has 0 spiro atoms. The van der Waals surface area contributed by atoms with Crippen LogP contribution >= 0.6 is 0 Å². The van der Waals surface area contributed by atoms with E-state index in [2.05, 4.69) is 5.32 Å². The van der Waals surface area contributed by atoms with Gasteiger partial charge in [-0.1, -0.05) is 0 Å². The van der Waals surface area contributed by atoms with Crippen molar-refractivity contribution >= 4 is 11.4 Å². The molecule has 19 heavy (non-hydrogen) atoms. The van der Waals surface area contributed by atoms with Gasteiger partial charge in [-0.25, -0.2) is 0 Å². The molecule has 0 atom stereocenters. The van der Waals surface area contributed by atoms with Crippen LogP contribution < -0.4 is 15.8 Å². The van der Waals surface area contributed by atoms with Gasteiger partial charge < -0.3 is 20.9 Å². The number of hydrogen-bond donors (Lipinski definition) is 3. The summed E-state index contributed by atoms with van der Waals surface area (Å²) in [7, 11) is 0. The number of aromatic hydroxyl groups is 1. The maximum absolute atomic E-state index is 9.71. The molecule has 4 nitrogen and oxygen atoms in total. The molecule has 0 unspecified atom stereocenters. The standard InChI is InChI=1S/C15H18N2O2/c1-2-19-14-6-4-13(5-7-14)17-10-11-9-12(16)3-8-15(11)18/h3-9,17-18H,2,10,16H2,1H3. The maximum Gasteiger partial charge on any atom is 0.120 e. The largest absolute Gasteiger partial charge is 0.508 e. The lowest BCUT2D eigenvalue weighted by molar-refractivity contribution is 0.340. The van der Waals surface area contributed by atoms with Crippen LogP contribution in [0.4, 0.5) is 11.4 Å². The number of nitrogens with two attached hydrogens (primary N) is 1. The number of phenols is 1. The van der Waals surface area contributed by atoms with Gasteiger partial charge in [-0.3, -0.25) is 0 Å². The van der Waals surface area contributed by atoms with Crippen molar-refractivity contribution in [1.29, 1.82) is 0 Å². The van der Waals surface area contributed by atoms with E-state index in [1.165, 1.54) is 0 Å². The van der Waals surface area contributed by atoms with Gasteiger partial charge >= 0.3 is 0 Å². The highest BCUT2D eigenvalue weighted by atomic mass is 16.5. The molecule has 0 aromatic heterocycles. The van der Waals surface area contributed by atoms with Crippen LogP contribution in [0.15, 0.2) is 42.5 Å². The van der Waals surface area contributed by atoms with Crippen LogP contribution in [-0.4, -0.2) is 11.7 Å². The fraction of sp³-hybridized carbons (Fsp3) is 0.200. The Bertz CT molecular complexity index is 538. The fourth-order valence-corrected chi connectivity index (χ4v) is 1.78. The smallest absolute Gasteiger partial charge is 0.120 e. The topological polar surface area (TPSA) is 67.5 Å². The van der Waals surface area contributed by atoms with E-state index < -0.39 is 0 Å².